The molecule has 0 fully saturated rings. The Hall–Kier alpha value is -1.43. The van der Waals surface area contributed by atoms with Crippen LogP contribution in [0.5, 0.6) is 5.75 Å². The number of ether oxygens (including phenoxy) is 1. The Balaban J connectivity index is 2.85. The minimum absolute atomic E-state index is 0.374. The van der Waals surface area contributed by atoms with Crippen LogP contribution in [-0.4, -0.2) is 42.8 Å². The highest BCUT2D eigenvalue weighted by Crippen LogP contribution is 2.25. The van der Waals surface area contributed by atoms with Gasteiger partial charge in [-0.05, 0) is 44.6 Å². The van der Waals surface area contributed by atoms with Crippen molar-refractivity contribution in [1.29, 1.82) is 0 Å². The molecule has 0 aliphatic rings. The number of hydrogen-bond donors (Lipinski definition) is 3. The average Bonchev–Trinajstić information content (AvgIpc) is 2.44. The molecule has 0 radical (unpaired) electrons. The Bertz CT molecular complexity index is 408. The summed E-state index contributed by atoms with van der Waals surface area (Å²) in [5.41, 5.74) is 0.883. The van der Waals surface area contributed by atoms with Crippen LogP contribution in [0.2, 0.25) is 0 Å². The van der Waals surface area contributed by atoms with E-state index in [1.165, 1.54) is 0 Å². The maximum Gasteiger partial charge on any atom is 0.153 e. The van der Waals surface area contributed by atoms with E-state index in [1.54, 1.807) is 25.2 Å². The predicted molar refractivity (Wildman–Crippen MR) is 72.5 cm³/mol. The summed E-state index contributed by atoms with van der Waals surface area (Å²) in [6, 6.07) is 4.84. The van der Waals surface area contributed by atoms with Crippen molar-refractivity contribution < 1.29 is 19.7 Å². The second kappa shape index (κ2) is 7.89. The van der Waals surface area contributed by atoms with Crippen LogP contribution in [0.15, 0.2) is 18.2 Å². The molecular weight excluding hydrogens is 246 g/mol. The summed E-state index contributed by atoms with van der Waals surface area (Å²) in [5.74, 6) is 0.484. The van der Waals surface area contributed by atoms with E-state index in [1.807, 2.05) is 6.92 Å². The highest BCUT2D eigenvalue weighted by Gasteiger charge is 2.19. The average molecular weight is 267 g/mol. The van der Waals surface area contributed by atoms with Gasteiger partial charge in [0.2, 0.25) is 0 Å². The van der Waals surface area contributed by atoms with Gasteiger partial charge in [-0.1, -0.05) is 6.07 Å². The van der Waals surface area contributed by atoms with Gasteiger partial charge < -0.3 is 20.3 Å². The molecule has 0 bridgehead atoms. The van der Waals surface area contributed by atoms with Crippen LogP contribution < -0.4 is 10.1 Å². The van der Waals surface area contributed by atoms with E-state index in [0.717, 1.165) is 0 Å². The topological polar surface area (TPSA) is 78.8 Å². The maximum absolute atomic E-state index is 11.0. The SMILES string of the molecule is CCOc1ccc(C(O)C(O)CCNC)cc1C=O. The summed E-state index contributed by atoms with van der Waals surface area (Å²) in [6.45, 7) is 2.90. The highest BCUT2D eigenvalue weighted by molar-refractivity contribution is 5.79. The Morgan fingerprint density at radius 1 is 1.42 bits per heavy atom. The van der Waals surface area contributed by atoms with Crippen molar-refractivity contribution in [3.8, 4) is 5.75 Å². The molecule has 5 nitrogen and oxygen atoms in total. The van der Waals surface area contributed by atoms with E-state index in [4.69, 9.17) is 4.74 Å². The van der Waals surface area contributed by atoms with Crippen LogP contribution in [0.1, 0.15) is 35.4 Å². The van der Waals surface area contributed by atoms with Crippen molar-refractivity contribution in [3.63, 3.8) is 0 Å². The normalized spacial score (nSPS) is 13.9. The van der Waals surface area contributed by atoms with Gasteiger partial charge in [0.05, 0.1) is 18.3 Å². The zero-order chi connectivity index (χ0) is 14.3. The molecule has 0 aliphatic heterocycles. The number of carbonyl (C=O) groups excluding carboxylic acids is 1. The summed E-state index contributed by atoms with van der Waals surface area (Å²) in [4.78, 5) is 11.0. The lowest BCUT2D eigenvalue weighted by atomic mass is 10.00. The van der Waals surface area contributed by atoms with Gasteiger partial charge in [0.1, 0.15) is 11.9 Å². The first-order valence-electron chi connectivity index (χ1n) is 6.36. The number of nitrogens with one attached hydrogen (secondary N) is 1. The van der Waals surface area contributed by atoms with Gasteiger partial charge in [0, 0.05) is 0 Å². The number of rotatable bonds is 8. The molecule has 0 saturated heterocycles. The van der Waals surface area contributed by atoms with Crippen LogP contribution in [0.3, 0.4) is 0 Å². The van der Waals surface area contributed by atoms with Crippen LogP contribution in [-0.2, 0) is 0 Å². The molecule has 106 valence electrons. The van der Waals surface area contributed by atoms with Gasteiger partial charge in [-0.25, -0.2) is 0 Å². The third-order valence-electron chi connectivity index (χ3n) is 2.86. The number of aliphatic hydroxyl groups is 2. The predicted octanol–water partition coefficient (Wildman–Crippen LogP) is 0.902. The minimum atomic E-state index is -1.01. The summed E-state index contributed by atoms with van der Waals surface area (Å²) < 4.78 is 5.30. The van der Waals surface area contributed by atoms with Crippen molar-refractivity contribution in [2.45, 2.75) is 25.6 Å². The minimum Gasteiger partial charge on any atom is -0.493 e. The van der Waals surface area contributed by atoms with Crippen molar-refractivity contribution in [1.82, 2.24) is 5.32 Å². The molecule has 1 aromatic carbocycles. The molecule has 3 N–H and O–H groups in total. The van der Waals surface area contributed by atoms with E-state index in [-0.39, 0.29) is 0 Å². The van der Waals surface area contributed by atoms with Gasteiger partial charge >= 0.3 is 0 Å². The third kappa shape index (κ3) is 4.31. The van der Waals surface area contributed by atoms with E-state index in [2.05, 4.69) is 5.32 Å². The second-order valence-electron chi connectivity index (χ2n) is 4.25. The summed E-state index contributed by atoms with van der Waals surface area (Å²) in [7, 11) is 1.78. The van der Waals surface area contributed by atoms with E-state index in [0.29, 0.717) is 42.7 Å². The standard InChI is InChI=1S/C14H21NO4/c1-3-19-13-5-4-10(8-11(13)9-16)14(18)12(17)6-7-15-2/h4-5,8-9,12,14-15,17-18H,3,6-7H2,1-2H3. The number of carbonyl (C=O) groups is 1. The highest BCUT2D eigenvalue weighted by atomic mass is 16.5. The van der Waals surface area contributed by atoms with Crippen molar-refractivity contribution in [2.75, 3.05) is 20.2 Å². The maximum atomic E-state index is 11.0. The molecule has 19 heavy (non-hydrogen) atoms. The molecule has 0 spiro atoms. The molecular formula is C14H21NO4. The molecule has 0 aliphatic carbocycles. The zero-order valence-corrected chi connectivity index (χ0v) is 11.3. The fraction of sp³-hybridized carbons (Fsp3) is 0.500. The van der Waals surface area contributed by atoms with Crippen molar-refractivity contribution in [3.05, 3.63) is 29.3 Å². The molecule has 1 rings (SSSR count). The Morgan fingerprint density at radius 3 is 2.74 bits per heavy atom. The summed E-state index contributed by atoms with van der Waals surface area (Å²) in [6.07, 6.45) is -0.768. The van der Waals surface area contributed by atoms with Crippen molar-refractivity contribution in [2.24, 2.45) is 0 Å². The molecule has 2 atom stereocenters. The zero-order valence-electron chi connectivity index (χ0n) is 11.3. The van der Waals surface area contributed by atoms with E-state index >= 15 is 0 Å². The van der Waals surface area contributed by atoms with E-state index in [9.17, 15) is 15.0 Å². The summed E-state index contributed by atoms with van der Waals surface area (Å²) >= 11 is 0. The number of hydrogen-bond acceptors (Lipinski definition) is 5. The fourth-order valence-electron chi connectivity index (χ4n) is 1.80. The van der Waals surface area contributed by atoms with Crippen molar-refractivity contribution >= 4 is 6.29 Å². The van der Waals surface area contributed by atoms with Gasteiger partial charge in [-0.15, -0.1) is 0 Å². The first-order valence-corrected chi connectivity index (χ1v) is 6.36. The largest absolute Gasteiger partial charge is 0.493 e. The second-order valence-corrected chi connectivity index (χ2v) is 4.25. The van der Waals surface area contributed by atoms with Crippen LogP contribution >= 0.6 is 0 Å². The fourth-order valence-corrected chi connectivity index (χ4v) is 1.80. The van der Waals surface area contributed by atoms with Gasteiger partial charge in [0.25, 0.3) is 0 Å². The molecule has 0 saturated carbocycles. The molecule has 5 heteroatoms. The van der Waals surface area contributed by atoms with Crippen LogP contribution in [0.25, 0.3) is 0 Å². The Morgan fingerprint density at radius 2 is 2.16 bits per heavy atom. The first-order chi connectivity index (χ1) is 9.13. The molecule has 0 aromatic heterocycles. The molecule has 1 aromatic rings. The molecule has 0 amide bonds. The van der Waals surface area contributed by atoms with Gasteiger partial charge in [-0.3, -0.25) is 4.79 Å². The van der Waals surface area contributed by atoms with Gasteiger partial charge in [0.15, 0.2) is 6.29 Å². The Labute approximate surface area is 113 Å². The van der Waals surface area contributed by atoms with Crippen LogP contribution in [0, 0.1) is 0 Å². The molecule has 0 heterocycles. The molecule has 2 unspecified atom stereocenters. The van der Waals surface area contributed by atoms with Crippen LogP contribution in [0.4, 0.5) is 0 Å². The van der Waals surface area contributed by atoms with E-state index < -0.39 is 12.2 Å². The summed E-state index contributed by atoms with van der Waals surface area (Å²) in [5, 5.41) is 22.8. The third-order valence-corrected chi connectivity index (χ3v) is 2.86. The number of benzene rings is 1. The monoisotopic (exact) mass is 267 g/mol. The lowest BCUT2D eigenvalue weighted by Crippen LogP contribution is -2.23. The lowest BCUT2D eigenvalue weighted by Gasteiger charge is -2.19. The smallest absolute Gasteiger partial charge is 0.153 e. The van der Waals surface area contributed by atoms with Gasteiger partial charge in [-0.2, -0.15) is 0 Å². The number of aldehydes is 1. The Kier molecular flexibility index (Phi) is 6.49. The first kappa shape index (κ1) is 15.6. The quantitative estimate of drug-likeness (QED) is 0.610. The number of aliphatic hydroxyl groups excluding tert-OH is 2. The lowest BCUT2D eigenvalue weighted by molar-refractivity contribution is 0.0140.